The minimum absolute atomic E-state index is 0.0275. The molecule has 1 saturated heterocycles. The van der Waals surface area contributed by atoms with Crippen LogP contribution >= 0.6 is 0 Å². The zero-order valence-corrected chi connectivity index (χ0v) is 23.6. The fourth-order valence-electron chi connectivity index (χ4n) is 4.89. The van der Waals surface area contributed by atoms with E-state index in [0.29, 0.717) is 39.0 Å². The van der Waals surface area contributed by atoms with Gasteiger partial charge in [0.2, 0.25) is 5.91 Å². The summed E-state index contributed by atoms with van der Waals surface area (Å²) in [6.45, 7) is 2.47. The number of carbonyl (C=O) groups is 3. The van der Waals surface area contributed by atoms with E-state index < -0.39 is 6.04 Å². The molecule has 1 aliphatic heterocycles. The molecule has 1 heterocycles. The molecule has 1 aliphatic rings. The van der Waals surface area contributed by atoms with Crippen molar-refractivity contribution in [2.45, 2.75) is 44.8 Å². The lowest BCUT2D eigenvalue weighted by Crippen LogP contribution is -2.57. The molecule has 4 rings (SSSR count). The number of hydrogen-bond acceptors (Lipinski definition) is 6. The van der Waals surface area contributed by atoms with Crippen molar-refractivity contribution in [2.24, 2.45) is 0 Å². The van der Waals surface area contributed by atoms with E-state index >= 15 is 0 Å². The standard InChI is InChI=1S/C33H39N3O5/c1-40-32(38)30-23-34-21-22-36(30)31(37)19-14-26-12-17-29(18-13-26)28-15-10-25(11-16-28)7-5-6-20-35-33(39)41-24-27-8-3-2-4-9-27/h2-4,8-13,15-18,30,34H,5-7,14,19-24H2,1H3,(H,35,39)/t30-/m1/s1. The van der Waals surface area contributed by atoms with E-state index in [1.54, 1.807) is 4.90 Å². The predicted molar refractivity (Wildman–Crippen MR) is 158 cm³/mol. The van der Waals surface area contributed by atoms with Gasteiger partial charge in [-0.05, 0) is 53.5 Å². The van der Waals surface area contributed by atoms with Crippen LogP contribution in [0.15, 0.2) is 78.9 Å². The first kappa shape index (κ1) is 29.8. The van der Waals surface area contributed by atoms with E-state index in [2.05, 4.69) is 59.2 Å². The molecule has 8 nitrogen and oxygen atoms in total. The maximum Gasteiger partial charge on any atom is 0.407 e. The number of methoxy groups -OCH3 is 1. The fourth-order valence-corrected chi connectivity index (χ4v) is 4.89. The minimum atomic E-state index is -0.558. The van der Waals surface area contributed by atoms with Crippen molar-refractivity contribution in [1.82, 2.24) is 15.5 Å². The Bertz CT molecular complexity index is 1260. The van der Waals surface area contributed by atoms with Crippen LogP contribution in [0, 0.1) is 0 Å². The number of unbranched alkanes of at least 4 members (excludes halogenated alkanes) is 1. The highest BCUT2D eigenvalue weighted by atomic mass is 16.5. The van der Waals surface area contributed by atoms with Gasteiger partial charge in [0.05, 0.1) is 7.11 Å². The number of benzene rings is 3. The summed E-state index contributed by atoms with van der Waals surface area (Å²) in [6.07, 6.45) is 3.38. The molecule has 2 amide bonds. The predicted octanol–water partition coefficient (Wildman–Crippen LogP) is 4.51. The van der Waals surface area contributed by atoms with Crippen molar-refractivity contribution in [3.8, 4) is 11.1 Å². The first-order chi connectivity index (χ1) is 20.0. The molecule has 216 valence electrons. The van der Waals surface area contributed by atoms with Gasteiger partial charge >= 0.3 is 12.1 Å². The van der Waals surface area contributed by atoms with Crippen molar-refractivity contribution >= 4 is 18.0 Å². The number of hydrogen-bond donors (Lipinski definition) is 2. The molecule has 2 N–H and O–H groups in total. The Morgan fingerprint density at radius 1 is 0.854 bits per heavy atom. The second-order valence-electron chi connectivity index (χ2n) is 10.2. The van der Waals surface area contributed by atoms with Crippen LogP contribution in [0.3, 0.4) is 0 Å². The maximum atomic E-state index is 12.8. The van der Waals surface area contributed by atoms with Crippen LogP contribution in [0.2, 0.25) is 0 Å². The molecule has 1 fully saturated rings. The number of nitrogens with zero attached hydrogens (tertiary/aromatic N) is 1. The summed E-state index contributed by atoms with van der Waals surface area (Å²) in [5.74, 6) is -0.407. The van der Waals surface area contributed by atoms with Gasteiger partial charge in [-0.15, -0.1) is 0 Å². The van der Waals surface area contributed by atoms with Gasteiger partial charge in [-0.25, -0.2) is 9.59 Å². The van der Waals surface area contributed by atoms with E-state index in [9.17, 15) is 14.4 Å². The second kappa shape index (κ2) is 15.6. The first-order valence-corrected chi connectivity index (χ1v) is 14.2. The van der Waals surface area contributed by atoms with Crippen LogP contribution in [-0.4, -0.2) is 62.2 Å². The summed E-state index contributed by atoms with van der Waals surface area (Å²) in [4.78, 5) is 38.3. The number of alkyl carbamates (subject to hydrolysis) is 1. The molecule has 0 radical (unpaired) electrons. The highest BCUT2D eigenvalue weighted by Gasteiger charge is 2.32. The maximum absolute atomic E-state index is 12.8. The van der Waals surface area contributed by atoms with Gasteiger partial charge in [-0.2, -0.15) is 0 Å². The lowest BCUT2D eigenvalue weighted by atomic mass is 9.99. The Morgan fingerprint density at radius 3 is 2.17 bits per heavy atom. The number of amides is 2. The number of rotatable bonds is 12. The summed E-state index contributed by atoms with van der Waals surface area (Å²) in [5, 5.41) is 5.96. The van der Waals surface area contributed by atoms with Gasteiger partial charge in [0.1, 0.15) is 12.6 Å². The number of carbonyl (C=O) groups excluding carboxylic acids is 3. The van der Waals surface area contributed by atoms with Crippen molar-refractivity contribution in [2.75, 3.05) is 33.3 Å². The Labute approximate surface area is 242 Å². The number of ether oxygens (including phenoxy) is 2. The molecule has 0 aromatic heterocycles. The Morgan fingerprint density at radius 2 is 1.51 bits per heavy atom. The molecule has 8 heteroatoms. The number of nitrogens with one attached hydrogen (secondary N) is 2. The van der Waals surface area contributed by atoms with E-state index in [1.165, 1.54) is 12.7 Å². The normalized spacial score (nSPS) is 14.8. The molecule has 1 atom stereocenters. The summed E-state index contributed by atoms with van der Waals surface area (Å²) < 4.78 is 10.1. The Balaban J connectivity index is 1.15. The molecule has 0 saturated carbocycles. The number of esters is 1. The van der Waals surface area contributed by atoms with Crippen LogP contribution in [0.1, 0.15) is 36.0 Å². The lowest BCUT2D eigenvalue weighted by Gasteiger charge is -2.34. The minimum Gasteiger partial charge on any atom is -0.467 e. The largest absolute Gasteiger partial charge is 0.467 e. The third-order valence-corrected chi connectivity index (χ3v) is 7.28. The highest BCUT2D eigenvalue weighted by molar-refractivity contribution is 5.85. The molecule has 0 unspecified atom stereocenters. The monoisotopic (exact) mass is 557 g/mol. The zero-order valence-electron chi connectivity index (χ0n) is 23.6. The molecule has 0 spiro atoms. The van der Waals surface area contributed by atoms with Crippen molar-refractivity contribution in [1.29, 1.82) is 0 Å². The van der Waals surface area contributed by atoms with Crippen LogP contribution < -0.4 is 10.6 Å². The third-order valence-electron chi connectivity index (χ3n) is 7.28. The van der Waals surface area contributed by atoms with Crippen molar-refractivity contribution in [3.63, 3.8) is 0 Å². The summed E-state index contributed by atoms with van der Waals surface area (Å²) in [5.41, 5.74) is 5.57. The Hall–Kier alpha value is -4.17. The average molecular weight is 558 g/mol. The number of piperazine rings is 1. The molecule has 3 aromatic rings. The van der Waals surface area contributed by atoms with Crippen LogP contribution in [-0.2, 0) is 38.5 Å². The van der Waals surface area contributed by atoms with E-state index in [-0.39, 0.29) is 24.6 Å². The number of aryl methyl sites for hydroxylation is 2. The van der Waals surface area contributed by atoms with Crippen LogP contribution in [0.25, 0.3) is 11.1 Å². The zero-order chi connectivity index (χ0) is 28.9. The van der Waals surface area contributed by atoms with E-state index in [1.807, 2.05) is 30.3 Å². The quantitative estimate of drug-likeness (QED) is 0.251. The van der Waals surface area contributed by atoms with Gasteiger partial charge in [0.25, 0.3) is 0 Å². The third kappa shape index (κ3) is 9.18. The molecule has 0 bridgehead atoms. The van der Waals surface area contributed by atoms with Gasteiger partial charge in [-0.3, -0.25) is 4.79 Å². The van der Waals surface area contributed by atoms with Crippen LogP contribution in [0.5, 0.6) is 0 Å². The van der Waals surface area contributed by atoms with Crippen molar-refractivity contribution in [3.05, 3.63) is 95.6 Å². The SMILES string of the molecule is COC(=O)[C@H]1CNCCN1C(=O)CCc1ccc(-c2ccc(CCCCNC(=O)OCc3ccccc3)cc2)cc1. The van der Waals surface area contributed by atoms with Crippen LogP contribution in [0.4, 0.5) is 4.79 Å². The summed E-state index contributed by atoms with van der Waals surface area (Å²) in [7, 11) is 1.35. The summed E-state index contributed by atoms with van der Waals surface area (Å²) >= 11 is 0. The second-order valence-corrected chi connectivity index (χ2v) is 10.2. The molecular weight excluding hydrogens is 518 g/mol. The summed E-state index contributed by atoms with van der Waals surface area (Å²) in [6, 6.07) is 25.9. The van der Waals surface area contributed by atoms with E-state index in [4.69, 9.17) is 9.47 Å². The highest BCUT2D eigenvalue weighted by Crippen LogP contribution is 2.22. The van der Waals surface area contributed by atoms with E-state index in [0.717, 1.165) is 41.5 Å². The lowest BCUT2D eigenvalue weighted by molar-refractivity contribution is -0.153. The average Bonchev–Trinajstić information content (AvgIpc) is 3.03. The van der Waals surface area contributed by atoms with Gasteiger partial charge in [0.15, 0.2) is 0 Å². The van der Waals surface area contributed by atoms with Gasteiger partial charge in [0, 0.05) is 32.6 Å². The fraction of sp³-hybridized carbons (Fsp3) is 0.364. The smallest absolute Gasteiger partial charge is 0.407 e. The topological polar surface area (TPSA) is 97.0 Å². The molecule has 41 heavy (non-hydrogen) atoms. The molecule has 3 aromatic carbocycles. The molecular formula is C33H39N3O5. The van der Waals surface area contributed by atoms with Gasteiger partial charge < -0.3 is 25.0 Å². The first-order valence-electron chi connectivity index (χ1n) is 14.2. The van der Waals surface area contributed by atoms with Crippen molar-refractivity contribution < 1.29 is 23.9 Å². The Kier molecular flexibility index (Phi) is 11.3. The molecule has 0 aliphatic carbocycles. The van der Waals surface area contributed by atoms with Gasteiger partial charge in [-0.1, -0.05) is 78.9 Å².